The number of aliphatic hydroxyl groups is 1. The molecule has 0 amide bonds. The van der Waals surface area contributed by atoms with E-state index in [2.05, 4.69) is 32.2 Å². The van der Waals surface area contributed by atoms with Crippen LogP contribution in [0.4, 0.5) is 0 Å². The van der Waals surface area contributed by atoms with Crippen molar-refractivity contribution >= 4 is 0 Å². The molecule has 0 radical (unpaired) electrons. The van der Waals surface area contributed by atoms with Crippen molar-refractivity contribution in [2.24, 2.45) is 0 Å². The monoisotopic (exact) mass is 152 g/mol. The Labute approximate surface area is 69.0 Å². The third-order valence-electron chi connectivity index (χ3n) is 0.940. The molecule has 0 atom stereocenters. The fourth-order valence-electron chi connectivity index (χ4n) is 0.534. The maximum absolute atomic E-state index is 7.00. The van der Waals surface area contributed by atoms with Crippen LogP contribution in [0.25, 0.3) is 0 Å². The maximum atomic E-state index is 7.00. The number of aryl methyl sites for hydroxylation is 1. The van der Waals surface area contributed by atoms with E-state index in [1.54, 1.807) is 0 Å². The highest BCUT2D eigenvalue weighted by Gasteiger charge is 1.72. The van der Waals surface area contributed by atoms with Gasteiger partial charge in [0.2, 0.25) is 0 Å². The first-order valence-corrected chi connectivity index (χ1v) is 3.36. The summed E-state index contributed by atoms with van der Waals surface area (Å²) in [4.78, 5) is 0. The molecule has 1 N–H and O–H groups in total. The summed E-state index contributed by atoms with van der Waals surface area (Å²) in [5.74, 6) is 0. The van der Waals surface area contributed by atoms with Crippen LogP contribution in [0, 0.1) is 6.92 Å². The van der Waals surface area contributed by atoms with Crippen molar-refractivity contribution in [2.75, 3.05) is 7.11 Å². The summed E-state index contributed by atoms with van der Waals surface area (Å²) < 4.78 is 0. The number of aliphatic hydroxyl groups excluding tert-OH is 1. The topological polar surface area (TPSA) is 20.2 Å². The van der Waals surface area contributed by atoms with E-state index < -0.39 is 0 Å². The fourth-order valence-corrected chi connectivity index (χ4v) is 0.534. The Morgan fingerprint density at radius 3 is 1.55 bits per heavy atom. The van der Waals surface area contributed by atoms with Crippen molar-refractivity contribution in [3.63, 3.8) is 0 Å². The van der Waals surface area contributed by atoms with E-state index in [0.717, 1.165) is 7.11 Å². The standard InChI is InChI=1S/C7H8.C2H4.CH4O/c1-7-5-3-2-4-6-7;2*1-2/h2-6H,1H3;1-2H2;2H,1H3. The van der Waals surface area contributed by atoms with E-state index in [0.29, 0.717) is 0 Å². The molecule has 1 aromatic carbocycles. The molecule has 0 fully saturated rings. The van der Waals surface area contributed by atoms with Gasteiger partial charge >= 0.3 is 0 Å². The lowest BCUT2D eigenvalue weighted by Gasteiger charge is -1.82. The molecule has 0 aliphatic rings. The second-order valence-electron chi connectivity index (χ2n) is 1.65. The molecule has 0 unspecified atom stereocenters. The molecule has 0 saturated heterocycles. The Kier molecular flexibility index (Phi) is 13.4. The van der Waals surface area contributed by atoms with Crippen molar-refractivity contribution in [3.05, 3.63) is 49.1 Å². The molecule has 0 heterocycles. The Bertz CT molecular complexity index is 146. The summed E-state index contributed by atoms with van der Waals surface area (Å²) >= 11 is 0. The van der Waals surface area contributed by atoms with Crippen LogP contribution in [-0.2, 0) is 0 Å². The molecule has 1 aromatic rings. The van der Waals surface area contributed by atoms with Crippen molar-refractivity contribution in [3.8, 4) is 0 Å². The van der Waals surface area contributed by atoms with Crippen molar-refractivity contribution < 1.29 is 5.11 Å². The van der Waals surface area contributed by atoms with E-state index in [4.69, 9.17) is 5.11 Å². The first-order chi connectivity index (χ1) is 5.39. The quantitative estimate of drug-likeness (QED) is 0.566. The molecule has 0 bridgehead atoms. The van der Waals surface area contributed by atoms with Crippen LogP contribution in [0.5, 0.6) is 0 Å². The predicted octanol–water partition coefficient (Wildman–Crippen LogP) is 2.41. The van der Waals surface area contributed by atoms with E-state index in [-0.39, 0.29) is 0 Å². The largest absolute Gasteiger partial charge is 0.400 e. The van der Waals surface area contributed by atoms with Gasteiger partial charge in [0.15, 0.2) is 0 Å². The number of hydrogen-bond acceptors (Lipinski definition) is 1. The third kappa shape index (κ3) is 8.92. The minimum atomic E-state index is 1.00. The molecule has 1 heteroatoms. The normalized spacial score (nSPS) is 6.45. The summed E-state index contributed by atoms with van der Waals surface area (Å²) in [6.45, 7) is 8.08. The molecule has 0 aromatic heterocycles. The molecular formula is C10H16O. The van der Waals surface area contributed by atoms with E-state index in [1.165, 1.54) is 5.56 Å². The molecule has 11 heavy (non-hydrogen) atoms. The minimum Gasteiger partial charge on any atom is -0.400 e. The Hall–Kier alpha value is -1.08. The summed E-state index contributed by atoms with van der Waals surface area (Å²) in [5.41, 5.74) is 1.32. The highest BCUT2D eigenvalue weighted by atomic mass is 16.2. The number of hydrogen-bond donors (Lipinski definition) is 1. The second-order valence-corrected chi connectivity index (χ2v) is 1.65. The zero-order valence-corrected chi connectivity index (χ0v) is 7.25. The molecule has 0 spiro atoms. The van der Waals surface area contributed by atoms with Crippen LogP contribution < -0.4 is 0 Å². The van der Waals surface area contributed by atoms with Gasteiger partial charge in [-0.25, -0.2) is 0 Å². The predicted molar refractivity (Wildman–Crippen MR) is 50.6 cm³/mol. The Balaban J connectivity index is 0. The van der Waals surface area contributed by atoms with Crippen molar-refractivity contribution in [1.29, 1.82) is 0 Å². The average Bonchev–Trinajstić information content (AvgIpc) is 2.13. The second kappa shape index (κ2) is 11.7. The van der Waals surface area contributed by atoms with Gasteiger partial charge in [-0.1, -0.05) is 35.9 Å². The highest BCUT2D eigenvalue weighted by Crippen LogP contribution is 1.92. The van der Waals surface area contributed by atoms with E-state index in [1.807, 2.05) is 18.2 Å². The molecule has 1 nitrogen and oxygen atoms in total. The molecule has 0 aliphatic carbocycles. The molecule has 0 aliphatic heterocycles. The average molecular weight is 152 g/mol. The first kappa shape index (κ1) is 12.6. The fraction of sp³-hybridized carbons (Fsp3) is 0.200. The highest BCUT2D eigenvalue weighted by molar-refractivity contribution is 5.11. The van der Waals surface area contributed by atoms with Gasteiger partial charge in [-0.15, -0.1) is 13.2 Å². The van der Waals surface area contributed by atoms with Gasteiger partial charge in [0.05, 0.1) is 0 Å². The van der Waals surface area contributed by atoms with Gasteiger partial charge in [0, 0.05) is 7.11 Å². The third-order valence-corrected chi connectivity index (χ3v) is 0.940. The zero-order chi connectivity index (χ0) is 9.11. The van der Waals surface area contributed by atoms with Gasteiger partial charge in [-0.3, -0.25) is 0 Å². The van der Waals surface area contributed by atoms with Gasteiger partial charge in [-0.2, -0.15) is 0 Å². The summed E-state index contributed by atoms with van der Waals surface area (Å²) in [6, 6.07) is 10.3. The lowest BCUT2D eigenvalue weighted by Crippen LogP contribution is -1.62. The smallest absolute Gasteiger partial charge is 0.0319 e. The SMILES string of the molecule is C=C.CO.Cc1ccccc1. The number of rotatable bonds is 0. The molecular weight excluding hydrogens is 136 g/mol. The van der Waals surface area contributed by atoms with Gasteiger partial charge in [-0.05, 0) is 6.92 Å². The molecule has 62 valence electrons. The van der Waals surface area contributed by atoms with E-state index >= 15 is 0 Å². The van der Waals surface area contributed by atoms with Crippen LogP contribution in [-0.4, -0.2) is 12.2 Å². The Morgan fingerprint density at radius 2 is 1.36 bits per heavy atom. The van der Waals surface area contributed by atoms with Crippen molar-refractivity contribution in [1.82, 2.24) is 0 Å². The summed E-state index contributed by atoms with van der Waals surface area (Å²) in [6.07, 6.45) is 0. The lowest BCUT2D eigenvalue weighted by molar-refractivity contribution is 0.399. The van der Waals surface area contributed by atoms with Gasteiger partial charge in [0.25, 0.3) is 0 Å². The van der Waals surface area contributed by atoms with Crippen LogP contribution >= 0.6 is 0 Å². The van der Waals surface area contributed by atoms with Gasteiger partial charge in [0.1, 0.15) is 0 Å². The molecule has 0 saturated carbocycles. The first-order valence-electron chi connectivity index (χ1n) is 3.36. The Morgan fingerprint density at radius 1 is 1.00 bits per heavy atom. The maximum Gasteiger partial charge on any atom is 0.0319 e. The zero-order valence-electron chi connectivity index (χ0n) is 7.25. The van der Waals surface area contributed by atoms with Crippen molar-refractivity contribution in [2.45, 2.75) is 6.92 Å². The van der Waals surface area contributed by atoms with Crippen LogP contribution in [0.15, 0.2) is 43.5 Å². The van der Waals surface area contributed by atoms with Crippen LogP contribution in [0.1, 0.15) is 5.56 Å². The van der Waals surface area contributed by atoms with Crippen LogP contribution in [0.2, 0.25) is 0 Å². The summed E-state index contributed by atoms with van der Waals surface area (Å²) in [7, 11) is 1.00. The lowest BCUT2D eigenvalue weighted by atomic mass is 10.2. The summed E-state index contributed by atoms with van der Waals surface area (Å²) in [5, 5.41) is 7.00. The van der Waals surface area contributed by atoms with Gasteiger partial charge < -0.3 is 5.11 Å². The minimum absolute atomic E-state index is 1.00. The molecule has 1 rings (SSSR count). The van der Waals surface area contributed by atoms with E-state index in [9.17, 15) is 0 Å². The van der Waals surface area contributed by atoms with Crippen LogP contribution in [0.3, 0.4) is 0 Å². The number of benzene rings is 1.